The molecule has 0 aromatic heterocycles. The van der Waals surface area contributed by atoms with Crippen molar-refractivity contribution >= 4 is 16.9 Å². The molecule has 308 valence electrons. The van der Waals surface area contributed by atoms with E-state index in [-0.39, 0.29) is 19.0 Å². The first-order valence-electron chi connectivity index (χ1n) is 20.0. The zero-order chi connectivity index (χ0) is 40.2. The monoisotopic (exact) mass is 785 g/mol. The maximum absolute atomic E-state index is 12.6. The summed E-state index contributed by atoms with van der Waals surface area (Å²) in [6, 6.07) is 28.0. The first kappa shape index (κ1) is 42.2. The number of ether oxygens (including phenoxy) is 6. The van der Waals surface area contributed by atoms with E-state index >= 15 is 0 Å². The fourth-order valence-electron chi connectivity index (χ4n) is 7.16. The van der Waals surface area contributed by atoms with E-state index < -0.39 is 24.0 Å². The Morgan fingerprint density at radius 2 is 1.54 bits per heavy atom. The number of hydrogen-bond donors (Lipinski definition) is 1. The summed E-state index contributed by atoms with van der Waals surface area (Å²) in [6.07, 6.45) is -1.50. The Bertz CT molecular complexity index is 1860. The molecular weight excluding hydrogens is 727 g/mol. The van der Waals surface area contributed by atoms with Crippen LogP contribution in [0.1, 0.15) is 49.8 Å². The van der Waals surface area contributed by atoms with Gasteiger partial charge in [-0.25, -0.2) is 4.79 Å². The first-order chi connectivity index (χ1) is 27.5. The summed E-state index contributed by atoms with van der Waals surface area (Å²) in [5.74, 6) is 1.99. The smallest absolute Gasteiger partial charge is 0.496 e. The fourth-order valence-corrected chi connectivity index (χ4v) is 7.16. The Balaban J connectivity index is 1.06. The van der Waals surface area contributed by atoms with Crippen LogP contribution in [0.15, 0.2) is 84.9 Å². The molecule has 0 saturated carbocycles. The number of piperidine rings is 1. The van der Waals surface area contributed by atoms with Crippen molar-refractivity contribution in [3.05, 3.63) is 102 Å². The Kier molecular flexibility index (Phi) is 15.0. The number of hydrogen-bond acceptors (Lipinski definition) is 12. The molecular formula is C45H59N3O9. The van der Waals surface area contributed by atoms with Crippen molar-refractivity contribution in [3.8, 4) is 17.2 Å². The van der Waals surface area contributed by atoms with E-state index in [0.29, 0.717) is 33.0 Å². The van der Waals surface area contributed by atoms with Crippen LogP contribution < -0.4 is 14.2 Å². The third-order valence-corrected chi connectivity index (χ3v) is 10.2. The lowest BCUT2D eigenvalue weighted by Gasteiger charge is -2.40. The fraction of sp³-hybridized carbons (Fsp3) is 0.489. The highest BCUT2D eigenvalue weighted by molar-refractivity contribution is 5.84. The highest BCUT2D eigenvalue weighted by Crippen LogP contribution is 2.33. The molecule has 4 aromatic rings. The normalized spacial score (nSPS) is 19.6. The molecule has 2 heterocycles. The SMILES string of the molecule is COc1ccccc1COCCCOc1ccc(C2C(O)CN(OC(=O)OC(C)(C)C)CC2OCc2ccc3ccc(OCCN4CCN(C)CC4)cc3c2)cc1. The Morgan fingerprint density at radius 1 is 0.807 bits per heavy atom. The lowest BCUT2D eigenvalue weighted by atomic mass is 9.85. The van der Waals surface area contributed by atoms with Crippen LogP contribution in [0, 0.1) is 0 Å². The molecule has 0 aliphatic carbocycles. The number of nitrogens with zero attached hydrogens (tertiary/aromatic N) is 3. The van der Waals surface area contributed by atoms with Crippen LogP contribution in [0.25, 0.3) is 10.8 Å². The number of β-amino-alcohol motifs (C(OH)–C–C–N with tert-alkyl or cyclic N) is 1. The van der Waals surface area contributed by atoms with E-state index in [4.69, 9.17) is 33.3 Å². The number of carbonyl (C=O) groups excluding carboxylic acids is 1. The summed E-state index contributed by atoms with van der Waals surface area (Å²) < 4.78 is 35.4. The van der Waals surface area contributed by atoms with Crippen molar-refractivity contribution in [3.63, 3.8) is 0 Å². The Hall–Kier alpha value is -4.43. The van der Waals surface area contributed by atoms with Crippen LogP contribution in [0.2, 0.25) is 0 Å². The molecule has 0 bridgehead atoms. The number of hydroxylamine groups is 2. The van der Waals surface area contributed by atoms with Gasteiger partial charge in [0.25, 0.3) is 0 Å². The highest BCUT2D eigenvalue weighted by Gasteiger charge is 2.40. The second-order valence-corrected chi connectivity index (χ2v) is 15.8. The molecule has 12 nitrogen and oxygen atoms in total. The minimum atomic E-state index is -0.888. The molecule has 6 rings (SSSR count). The minimum Gasteiger partial charge on any atom is -0.496 e. The number of likely N-dealkylation sites (N-methyl/N-ethyl adjacent to an activating group) is 1. The highest BCUT2D eigenvalue weighted by atomic mass is 16.8. The number of carbonyl (C=O) groups is 1. The van der Waals surface area contributed by atoms with E-state index in [0.717, 1.165) is 83.9 Å². The third-order valence-electron chi connectivity index (χ3n) is 10.2. The van der Waals surface area contributed by atoms with Crippen LogP contribution in [-0.2, 0) is 32.3 Å². The van der Waals surface area contributed by atoms with E-state index in [1.807, 2.05) is 54.6 Å². The summed E-state index contributed by atoms with van der Waals surface area (Å²) in [6.45, 7) is 13.3. The van der Waals surface area contributed by atoms with E-state index in [1.54, 1.807) is 27.9 Å². The standard InChI is InChI=1S/C45H59N3O9/c1-45(2,3)56-44(50)57-48-29-40(49)43(35-14-16-38(17-15-35)53-25-8-24-52-32-36-9-6-7-10-41(36)51-5)42(30-48)55-31-33-11-12-34-13-18-39(28-37(34)27-33)54-26-23-47-21-19-46(4)20-22-47/h6-7,9-18,27-28,40,42-43,49H,8,19-26,29-32H2,1-5H3. The molecule has 0 amide bonds. The molecule has 0 radical (unpaired) electrons. The number of para-hydroxylation sites is 1. The van der Waals surface area contributed by atoms with Crippen molar-refractivity contribution in [2.75, 3.05) is 79.8 Å². The second kappa shape index (κ2) is 20.3. The van der Waals surface area contributed by atoms with E-state index in [9.17, 15) is 9.90 Å². The van der Waals surface area contributed by atoms with Gasteiger partial charge in [-0.15, -0.1) is 5.06 Å². The lowest BCUT2D eigenvalue weighted by Crippen LogP contribution is -2.52. The second-order valence-electron chi connectivity index (χ2n) is 15.8. The van der Waals surface area contributed by atoms with Crippen molar-refractivity contribution in [2.24, 2.45) is 0 Å². The number of piperazine rings is 1. The van der Waals surface area contributed by atoms with Gasteiger partial charge in [0.15, 0.2) is 0 Å². The van der Waals surface area contributed by atoms with Crippen molar-refractivity contribution in [1.82, 2.24) is 14.9 Å². The van der Waals surface area contributed by atoms with Gasteiger partial charge < -0.3 is 43.3 Å². The van der Waals surface area contributed by atoms with Crippen molar-refractivity contribution < 1.29 is 43.2 Å². The van der Waals surface area contributed by atoms with Gasteiger partial charge in [-0.1, -0.05) is 48.5 Å². The van der Waals surface area contributed by atoms with Gasteiger partial charge in [-0.05, 0) is 86.1 Å². The predicted molar refractivity (Wildman–Crippen MR) is 219 cm³/mol. The molecule has 57 heavy (non-hydrogen) atoms. The number of aliphatic hydroxyl groups excluding tert-OH is 1. The zero-order valence-electron chi connectivity index (χ0n) is 34.1. The Labute approximate surface area is 337 Å². The molecule has 3 atom stereocenters. The minimum absolute atomic E-state index is 0.102. The number of benzene rings is 4. The average molecular weight is 786 g/mol. The van der Waals surface area contributed by atoms with Crippen LogP contribution in [-0.4, -0.2) is 124 Å². The molecule has 2 aliphatic rings. The number of fused-ring (bicyclic) bond motifs is 1. The summed E-state index contributed by atoms with van der Waals surface area (Å²) in [7, 11) is 3.82. The predicted octanol–water partition coefficient (Wildman–Crippen LogP) is 6.67. The topological polar surface area (TPSA) is 112 Å². The quantitative estimate of drug-likeness (QED) is 0.0912. The van der Waals surface area contributed by atoms with Crippen LogP contribution in [0.4, 0.5) is 4.79 Å². The van der Waals surface area contributed by atoms with Gasteiger partial charge >= 0.3 is 6.16 Å². The summed E-state index contributed by atoms with van der Waals surface area (Å²) in [5.41, 5.74) is 2.16. The molecule has 2 fully saturated rings. The van der Waals surface area contributed by atoms with Gasteiger partial charge in [0.2, 0.25) is 0 Å². The maximum Gasteiger partial charge on any atom is 0.528 e. The molecule has 4 aromatic carbocycles. The van der Waals surface area contributed by atoms with Crippen LogP contribution in [0.3, 0.4) is 0 Å². The van der Waals surface area contributed by atoms with Crippen LogP contribution >= 0.6 is 0 Å². The first-order valence-corrected chi connectivity index (χ1v) is 20.0. The number of aliphatic hydroxyl groups is 1. The average Bonchev–Trinajstić information content (AvgIpc) is 3.18. The van der Waals surface area contributed by atoms with Gasteiger partial charge in [0.05, 0.1) is 58.8 Å². The van der Waals surface area contributed by atoms with Gasteiger partial charge in [-0.2, -0.15) is 0 Å². The van der Waals surface area contributed by atoms with Crippen molar-refractivity contribution in [2.45, 2.75) is 64.1 Å². The molecule has 0 spiro atoms. The third kappa shape index (κ3) is 12.8. The summed E-state index contributed by atoms with van der Waals surface area (Å²) >= 11 is 0. The maximum atomic E-state index is 12.6. The molecule has 3 unspecified atom stereocenters. The van der Waals surface area contributed by atoms with E-state index in [2.05, 4.69) is 47.2 Å². The van der Waals surface area contributed by atoms with Gasteiger partial charge in [-0.3, -0.25) is 4.90 Å². The van der Waals surface area contributed by atoms with Crippen molar-refractivity contribution in [1.29, 1.82) is 0 Å². The van der Waals surface area contributed by atoms with Crippen LogP contribution in [0.5, 0.6) is 17.2 Å². The number of methoxy groups -OCH3 is 1. The van der Waals surface area contributed by atoms with Gasteiger partial charge in [0, 0.05) is 50.6 Å². The van der Waals surface area contributed by atoms with Gasteiger partial charge in [0.1, 0.15) is 29.5 Å². The summed E-state index contributed by atoms with van der Waals surface area (Å²) in [4.78, 5) is 23.0. The Morgan fingerprint density at radius 3 is 2.32 bits per heavy atom. The molecule has 2 saturated heterocycles. The largest absolute Gasteiger partial charge is 0.528 e. The zero-order valence-corrected chi connectivity index (χ0v) is 34.1. The molecule has 12 heteroatoms. The molecule has 1 N–H and O–H groups in total. The summed E-state index contributed by atoms with van der Waals surface area (Å²) in [5, 5.41) is 15.1. The van der Waals surface area contributed by atoms with E-state index in [1.165, 1.54) is 5.06 Å². The molecule has 2 aliphatic heterocycles. The number of rotatable bonds is 17. The lowest BCUT2D eigenvalue weighted by molar-refractivity contribution is -0.201.